The molecule has 4 saturated heterocycles. The van der Waals surface area contributed by atoms with E-state index < -0.39 is 137 Å². The average molecular weight is 1680 g/mol. The molecule has 33 heteroatoms. The fourth-order valence-corrected chi connectivity index (χ4v) is 15.9. The van der Waals surface area contributed by atoms with Crippen LogP contribution in [-0.4, -0.2) is 284 Å². The Bertz CT molecular complexity index is 2710. The van der Waals surface area contributed by atoms with Crippen LogP contribution in [0, 0.1) is 23.2 Å². The molecule has 32 nitrogen and oxygen atoms in total. The molecule has 2 amide bonds. The maximum atomic E-state index is 14.3. The molecular formula is C83H148N3O29P. The summed E-state index contributed by atoms with van der Waals surface area (Å²) in [5.74, 6) is -1.40. The molecule has 0 saturated carbocycles. The van der Waals surface area contributed by atoms with Gasteiger partial charge in [-0.1, -0.05) is 85.0 Å². The number of hydrogen-bond acceptors (Lipinski definition) is 28. The van der Waals surface area contributed by atoms with Gasteiger partial charge in [0.2, 0.25) is 11.8 Å². The molecule has 4 aliphatic rings. The van der Waals surface area contributed by atoms with Crippen LogP contribution < -0.4 is 10.6 Å². The average Bonchev–Trinajstić information content (AvgIpc) is 1.33. The van der Waals surface area contributed by atoms with Crippen molar-refractivity contribution in [3.05, 3.63) is 0 Å². The van der Waals surface area contributed by atoms with Crippen LogP contribution in [-0.2, 0) is 80.6 Å². The highest BCUT2D eigenvalue weighted by Crippen LogP contribution is 2.39. The smallest absolute Gasteiger partial charge is 0.394 e. The molecule has 4 rings (SSSR count). The Kier molecular flexibility index (Phi) is 54.1. The van der Waals surface area contributed by atoms with Crippen LogP contribution in [0.2, 0.25) is 0 Å². The number of aliphatic hydroxyl groups is 10. The Hall–Kier alpha value is -3.65. The van der Waals surface area contributed by atoms with Gasteiger partial charge < -0.3 is 110 Å². The van der Waals surface area contributed by atoms with Gasteiger partial charge in [0, 0.05) is 140 Å². The zero-order chi connectivity index (χ0) is 85.3. The molecule has 0 aliphatic carbocycles. The van der Waals surface area contributed by atoms with Crippen LogP contribution in [0.25, 0.3) is 0 Å². The zero-order valence-corrected chi connectivity index (χ0v) is 70.6. The van der Waals surface area contributed by atoms with Crippen molar-refractivity contribution in [2.45, 2.75) is 370 Å². The third-order valence-corrected chi connectivity index (χ3v) is 23.5. The number of likely N-dealkylation sites (tertiary alicyclic amines) is 1. The van der Waals surface area contributed by atoms with E-state index in [1.165, 1.54) is 4.90 Å². The highest BCUT2D eigenvalue weighted by Gasteiger charge is 2.45. The van der Waals surface area contributed by atoms with Crippen LogP contribution in [0.5, 0.6) is 0 Å². The van der Waals surface area contributed by atoms with Crippen molar-refractivity contribution >= 4 is 54.3 Å². The van der Waals surface area contributed by atoms with Gasteiger partial charge >= 0.3 is 7.82 Å². The molecule has 0 aromatic rings. The van der Waals surface area contributed by atoms with Crippen LogP contribution in [0.15, 0.2) is 0 Å². The van der Waals surface area contributed by atoms with Crippen molar-refractivity contribution in [1.29, 1.82) is 0 Å². The lowest BCUT2D eigenvalue weighted by atomic mass is 9.74. The SMILES string of the molecule is CC1C(OCCCCC(=O)CCCCCC(=O)CCCCC(CCCCC(=O)NCCCNCC(=O)CCCCOC2OC(CO)C(O)C(O)C2C)(COCCC(=O)CCCCCC(=O)CCCCOC2OC(CO)C(O)C(O)C2C)CC(=O)CCCCCCCCCCC(=O)N2C[C@H](O)C[C@H]2COP(=O)(O)O)OC(CO)C(O)C1O. The van der Waals surface area contributed by atoms with Gasteiger partial charge in [-0.15, -0.1) is 0 Å². The summed E-state index contributed by atoms with van der Waals surface area (Å²) in [4.78, 5) is 125. The molecule has 0 radical (unpaired) electrons. The van der Waals surface area contributed by atoms with E-state index in [-0.39, 0.29) is 131 Å². The minimum Gasteiger partial charge on any atom is -0.394 e. The third kappa shape index (κ3) is 42.9. The van der Waals surface area contributed by atoms with Crippen LogP contribution >= 0.6 is 7.82 Å². The predicted octanol–water partition coefficient (Wildman–Crippen LogP) is 6.06. The molecule has 16 unspecified atom stereocenters. The van der Waals surface area contributed by atoms with E-state index in [0.717, 1.165) is 38.5 Å². The number of Topliss-reactive ketones (excluding diaryl/α,β-unsaturated/α-hetero) is 6. The number of hydrogen-bond donors (Lipinski definition) is 14. The van der Waals surface area contributed by atoms with Crippen molar-refractivity contribution < 1.29 is 141 Å². The van der Waals surface area contributed by atoms with Crippen molar-refractivity contribution in [3.8, 4) is 0 Å². The van der Waals surface area contributed by atoms with Crippen molar-refractivity contribution in [2.24, 2.45) is 23.2 Å². The minimum atomic E-state index is -4.74. The van der Waals surface area contributed by atoms with Gasteiger partial charge in [-0.05, 0) is 122 Å². The first-order chi connectivity index (χ1) is 55.5. The van der Waals surface area contributed by atoms with Gasteiger partial charge in [0.1, 0.15) is 71.3 Å². The summed E-state index contributed by atoms with van der Waals surface area (Å²) in [7, 11) is -4.74. The first kappa shape index (κ1) is 105. The van der Waals surface area contributed by atoms with E-state index in [9.17, 15) is 94.0 Å². The van der Waals surface area contributed by atoms with Gasteiger partial charge in [0.25, 0.3) is 0 Å². The Balaban J connectivity index is 1.27. The predicted molar refractivity (Wildman–Crippen MR) is 427 cm³/mol. The number of carbonyl (C=O) groups is 8. The number of phosphoric acid groups is 1. The summed E-state index contributed by atoms with van der Waals surface area (Å²) in [6, 6.07) is -0.615. The lowest BCUT2D eigenvalue weighted by molar-refractivity contribution is -0.282. The van der Waals surface area contributed by atoms with Crippen LogP contribution in [0.4, 0.5) is 0 Å². The van der Waals surface area contributed by atoms with Gasteiger partial charge in [-0.2, -0.15) is 0 Å². The number of unbranched alkanes of at least 4 members (excludes halogenated alkanes) is 16. The van der Waals surface area contributed by atoms with E-state index in [0.29, 0.717) is 206 Å². The Morgan fingerprint density at radius 1 is 0.422 bits per heavy atom. The standard InChI is InChI=1S/C83H148N3O29P/c1-58-74(99)77(102)69(53-87)113-80(58)109-45-25-20-34-63(91)30-14-10-13-29-62(90)33-18-23-41-83(50-66(94)36-12-8-6-4-5-7-9-17-39-73(98)86-52-68(96)49-61(86)56-112-116(105,106)107,57-108-48-40-65(93)32-16-11-15-31-64(92)35-21-26-46-110-81-59(2)75(100)78(103)70(54-88)114-81)42-24-19-38-72(97)85-44-28-43-84-51-67(95)37-22-27-47-111-82-60(3)76(101)79(104)71(55-89)115-82/h58-61,68-71,74-82,84,87-89,96,99-104H,4-57H2,1-3H3,(H,85,97)(H2,105,106,107)/t58?,59?,60?,61-,68+,69?,70?,71?,74?,75?,76?,77?,78?,79?,80?,81?,82?,83?/m0/s1. The van der Waals surface area contributed by atoms with Crippen molar-refractivity contribution in [3.63, 3.8) is 0 Å². The minimum absolute atomic E-state index is 0.0176. The molecule has 0 aromatic carbocycles. The number of amides is 2. The van der Waals surface area contributed by atoms with E-state index >= 15 is 0 Å². The van der Waals surface area contributed by atoms with Gasteiger partial charge in [-0.25, -0.2) is 4.57 Å². The number of phosphoric ester groups is 1. The molecule has 18 atom stereocenters. The molecule has 116 heavy (non-hydrogen) atoms. The molecule has 4 aliphatic heterocycles. The second-order valence-electron chi connectivity index (χ2n) is 33.0. The summed E-state index contributed by atoms with van der Waals surface area (Å²) in [6.07, 6.45) is 9.32. The first-order valence-corrected chi connectivity index (χ1v) is 45.1. The monoisotopic (exact) mass is 1680 g/mol. The number of ketones is 6. The van der Waals surface area contributed by atoms with Gasteiger partial charge in [0.05, 0.1) is 76.6 Å². The second kappa shape index (κ2) is 60.0. The summed E-state index contributed by atoms with van der Waals surface area (Å²) >= 11 is 0. The summed E-state index contributed by atoms with van der Waals surface area (Å²) in [6.45, 7) is 5.62. The second-order valence-corrected chi connectivity index (χ2v) is 34.3. The maximum Gasteiger partial charge on any atom is 0.469 e. The fourth-order valence-electron chi connectivity index (χ4n) is 15.5. The zero-order valence-electron chi connectivity index (χ0n) is 69.7. The van der Waals surface area contributed by atoms with E-state index in [4.69, 9.17) is 42.9 Å². The van der Waals surface area contributed by atoms with E-state index in [2.05, 4.69) is 15.2 Å². The number of rotatable bonds is 70. The molecule has 14 N–H and O–H groups in total. The molecule has 4 heterocycles. The Morgan fingerprint density at radius 2 is 0.784 bits per heavy atom. The lowest BCUT2D eigenvalue weighted by Crippen LogP contribution is -2.55. The van der Waals surface area contributed by atoms with Crippen LogP contribution in [0.1, 0.15) is 284 Å². The lowest BCUT2D eigenvalue weighted by Gasteiger charge is -2.40. The third-order valence-electron chi connectivity index (χ3n) is 23.0. The quantitative estimate of drug-likeness (QED) is 0.0243. The topological polar surface area (TPSA) is 498 Å². The van der Waals surface area contributed by atoms with Gasteiger partial charge in [0.15, 0.2) is 18.9 Å². The molecule has 0 bridgehead atoms. The highest BCUT2D eigenvalue weighted by atomic mass is 31.2. The summed E-state index contributed by atoms with van der Waals surface area (Å²) in [5, 5.41) is 106. The normalized spacial score (nSPS) is 26.3. The summed E-state index contributed by atoms with van der Waals surface area (Å²) < 4.78 is 56.5. The number of nitrogens with one attached hydrogen (secondary N) is 2. The molecule has 0 spiro atoms. The van der Waals surface area contributed by atoms with Crippen molar-refractivity contribution in [2.75, 3.05) is 85.6 Å². The van der Waals surface area contributed by atoms with Crippen LogP contribution in [0.3, 0.4) is 0 Å². The number of nitrogens with zero attached hydrogens (tertiary/aromatic N) is 1. The number of β-amino-alcohol motifs (C(OH)–C–C–N with tert-alkyl or cyclic N) is 1. The molecule has 674 valence electrons. The summed E-state index contributed by atoms with van der Waals surface area (Å²) in [5.41, 5.74) is -0.660. The van der Waals surface area contributed by atoms with E-state index in [1.54, 1.807) is 20.8 Å². The highest BCUT2D eigenvalue weighted by molar-refractivity contribution is 7.46. The van der Waals surface area contributed by atoms with Crippen molar-refractivity contribution in [1.82, 2.24) is 15.5 Å². The number of ether oxygens (including phenoxy) is 7. The number of carbonyl (C=O) groups excluding carboxylic acids is 8. The maximum absolute atomic E-state index is 14.3. The first-order valence-electron chi connectivity index (χ1n) is 43.6. The Morgan fingerprint density at radius 3 is 1.21 bits per heavy atom. The number of aliphatic hydroxyl groups excluding tert-OH is 10. The molecule has 4 fully saturated rings. The van der Waals surface area contributed by atoms with Gasteiger partial charge in [-0.3, -0.25) is 42.9 Å². The molecular weight excluding hydrogens is 1530 g/mol. The largest absolute Gasteiger partial charge is 0.469 e. The van der Waals surface area contributed by atoms with E-state index in [1.807, 2.05) is 0 Å². The molecule has 0 aromatic heterocycles. The fraction of sp³-hybridized carbons (Fsp3) is 0.904. The Labute approximate surface area is 687 Å².